The zero-order chi connectivity index (χ0) is 12.2. The van der Waals surface area contributed by atoms with E-state index in [2.05, 4.69) is 5.32 Å². The standard InChI is InChI=1S/C12H20N2O2/c1-3-12(7-15,8-16)14-10-4-5-11(13)9(2)6-10/h4-6,14-16H,3,7-8,13H2,1-2H3. The number of rotatable bonds is 5. The highest BCUT2D eigenvalue weighted by atomic mass is 16.3. The third-order valence-electron chi connectivity index (χ3n) is 2.96. The molecule has 0 fully saturated rings. The Labute approximate surface area is 96.1 Å². The first-order valence-electron chi connectivity index (χ1n) is 5.43. The van der Waals surface area contributed by atoms with Gasteiger partial charge in [0.25, 0.3) is 0 Å². The SMILES string of the molecule is CCC(CO)(CO)Nc1ccc(N)c(C)c1. The zero-order valence-electron chi connectivity index (χ0n) is 9.83. The molecule has 4 heteroatoms. The highest BCUT2D eigenvalue weighted by Gasteiger charge is 2.26. The molecule has 0 heterocycles. The predicted octanol–water partition coefficient (Wildman–Crippen LogP) is 1.12. The fraction of sp³-hybridized carbons (Fsp3) is 0.500. The molecule has 0 bridgehead atoms. The second-order valence-corrected chi connectivity index (χ2v) is 4.15. The van der Waals surface area contributed by atoms with Crippen LogP contribution in [0.3, 0.4) is 0 Å². The number of hydrogen-bond acceptors (Lipinski definition) is 4. The van der Waals surface area contributed by atoms with E-state index in [0.717, 1.165) is 16.9 Å². The average Bonchev–Trinajstić information content (AvgIpc) is 2.31. The molecule has 0 aliphatic carbocycles. The van der Waals surface area contributed by atoms with Crippen molar-refractivity contribution in [2.75, 3.05) is 24.3 Å². The Morgan fingerprint density at radius 3 is 2.38 bits per heavy atom. The molecule has 0 saturated carbocycles. The van der Waals surface area contributed by atoms with Gasteiger partial charge in [0.15, 0.2) is 0 Å². The fourth-order valence-corrected chi connectivity index (χ4v) is 1.50. The third kappa shape index (κ3) is 2.65. The summed E-state index contributed by atoms with van der Waals surface area (Å²) in [6, 6.07) is 5.57. The zero-order valence-corrected chi connectivity index (χ0v) is 9.83. The minimum atomic E-state index is -0.664. The van der Waals surface area contributed by atoms with E-state index in [4.69, 9.17) is 5.73 Å². The molecule has 0 radical (unpaired) electrons. The van der Waals surface area contributed by atoms with Crippen LogP contribution in [0, 0.1) is 6.92 Å². The van der Waals surface area contributed by atoms with Crippen molar-refractivity contribution < 1.29 is 10.2 Å². The van der Waals surface area contributed by atoms with E-state index in [1.54, 1.807) is 0 Å². The molecule has 1 rings (SSSR count). The quantitative estimate of drug-likeness (QED) is 0.565. The fourth-order valence-electron chi connectivity index (χ4n) is 1.50. The van der Waals surface area contributed by atoms with Gasteiger partial charge < -0.3 is 21.3 Å². The van der Waals surface area contributed by atoms with Crippen molar-refractivity contribution >= 4 is 11.4 Å². The van der Waals surface area contributed by atoms with Gasteiger partial charge in [0.05, 0.1) is 18.8 Å². The number of aliphatic hydroxyl groups excluding tert-OH is 2. The lowest BCUT2D eigenvalue weighted by molar-refractivity contribution is 0.132. The van der Waals surface area contributed by atoms with Crippen LogP contribution in [0.1, 0.15) is 18.9 Å². The van der Waals surface area contributed by atoms with Gasteiger partial charge in [-0.05, 0) is 37.1 Å². The molecule has 1 aromatic rings. The largest absolute Gasteiger partial charge is 0.399 e. The number of aryl methyl sites for hydroxylation is 1. The molecule has 5 N–H and O–H groups in total. The minimum absolute atomic E-state index is 0.108. The first-order valence-corrected chi connectivity index (χ1v) is 5.43. The first kappa shape index (κ1) is 12.8. The second kappa shape index (κ2) is 5.18. The minimum Gasteiger partial charge on any atom is -0.399 e. The van der Waals surface area contributed by atoms with E-state index < -0.39 is 5.54 Å². The van der Waals surface area contributed by atoms with Crippen molar-refractivity contribution in [1.82, 2.24) is 0 Å². The number of aliphatic hydroxyl groups is 2. The Bertz CT molecular complexity index is 341. The van der Waals surface area contributed by atoms with Gasteiger partial charge in [0.1, 0.15) is 0 Å². The molecule has 0 aromatic heterocycles. The Balaban J connectivity index is 2.89. The van der Waals surface area contributed by atoms with Crippen LogP contribution in [0.25, 0.3) is 0 Å². The van der Waals surface area contributed by atoms with Crippen molar-refractivity contribution in [2.45, 2.75) is 25.8 Å². The number of benzene rings is 1. The molecule has 0 amide bonds. The van der Waals surface area contributed by atoms with Crippen molar-refractivity contribution in [3.8, 4) is 0 Å². The van der Waals surface area contributed by atoms with Crippen molar-refractivity contribution in [3.05, 3.63) is 23.8 Å². The summed E-state index contributed by atoms with van der Waals surface area (Å²) in [6.07, 6.45) is 0.642. The van der Waals surface area contributed by atoms with Gasteiger partial charge in [-0.25, -0.2) is 0 Å². The number of nitrogen functional groups attached to an aromatic ring is 1. The first-order chi connectivity index (χ1) is 7.56. The number of nitrogens with two attached hydrogens (primary N) is 1. The summed E-state index contributed by atoms with van der Waals surface area (Å²) in [5.41, 5.74) is 7.63. The van der Waals surface area contributed by atoms with Gasteiger partial charge in [-0.15, -0.1) is 0 Å². The molecule has 0 atom stereocenters. The van der Waals surface area contributed by atoms with Crippen LogP contribution in [0.4, 0.5) is 11.4 Å². The monoisotopic (exact) mass is 224 g/mol. The average molecular weight is 224 g/mol. The molecular formula is C12H20N2O2. The van der Waals surface area contributed by atoms with E-state index in [0.29, 0.717) is 6.42 Å². The van der Waals surface area contributed by atoms with Crippen LogP contribution in [-0.2, 0) is 0 Å². The summed E-state index contributed by atoms with van der Waals surface area (Å²) in [5, 5.41) is 21.8. The summed E-state index contributed by atoms with van der Waals surface area (Å²) in [6.45, 7) is 3.63. The van der Waals surface area contributed by atoms with Crippen molar-refractivity contribution in [1.29, 1.82) is 0 Å². The maximum absolute atomic E-state index is 9.31. The van der Waals surface area contributed by atoms with Crippen LogP contribution < -0.4 is 11.1 Å². The molecular weight excluding hydrogens is 204 g/mol. The molecule has 16 heavy (non-hydrogen) atoms. The topological polar surface area (TPSA) is 78.5 Å². The predicted molar refractivity (Wildman–Crippen MR) is 66.4 cm³/mol. The molecule has 1 aromatic carbocycles. The Morgan fingerprint density at radius 1 is 1.31 bits per heavy atom. The molecule has 0 spiro atoms. The molecule has 0 aliphatic heterocycles. The van der Waals surface area contributed by atoms with Gasteiger partial charge in [-0.1, -0.05) is 6.92 Å². The normalized spacial score (nSPS) is 11.5. The summed E-state index contributed by atoms with van der Waals surface area (Å²) in [7, 11) is 0. The number of hydrogen-bond donors (Lipinski definition) is 4. The van der Waals surface area contributed by atoms with Gasteiger partial charge in [0, 0.05) is 11.4 Å². The Hall–Kier alpha value is -1.26. The molecule has 90 valence electrons. The van der Waals surface area contributed by atoms with Gasteiger partial charge >= 0.3 is 0 Å². The van der Waals surface area contributed by atoms with Gasteiger partial charge in [0.2, 0.25) is 0 Å². The molecule has 0 aliphatic rings. The Morgan fingerprint density at radius 2 is 1.94 bits per heavy atom. The van der Waals surface area contributed by atoms with E-state index >= 15 is 0 Å². The summed E-state index contributed by atoms with van der Waals surface area (Å²) >= 11 is 0. The molecule has 4 nitrogen and oxygen atoms in total. The smallest absolute Gasteiger partial charge is 0.0832 e. The van der Waals surface area contributed by atoms with Crippen LogP contribution in [0.2, 0.25) is 0 Å². The van der Waals surface area contributed by atoms with Crippen molar-refractivity contribution in [2.24, 2.45) is 0 Å². The maximum atomic E-state index is 9.31. The summed E-state index contributed by atoms with van der Waals surface area (Å²) < 4.78 is 0. The van der Waals surface area contributed by atoms with E-state index in [9.17, 15) is 10.2 Å². The van der Waals surface area contributed by atoms with Crippen molar-refractivity contribution in [3.63, 3.8) is 0 Å². The summed E-state index contributed by atoms with van der Waals surface area (Å²) in [4.78, 5) is 0. The maximum Gasteiger partial charge on any atom is 0.0832 e. The van der Waals surface area contributed by atoms with Crippen LogP contribution in [-0.4, -0.2) is 29.0 Å². The lowest BCUT2D eigenvalue weighted by Gasteiger charge is -2.31. The van der Waals surface area contributed by atoms with E-state index in [1.807, 2.05) is 32.0 Å². The highest BCUT2D eigenvalue weighted by Crippen LogP contribution is 2.22. The van der Waals surface area contributed by atoms with Crippen LogP contribution in [0.5, 0.6) is 0 Å². The lowest BCUT2D eigenvalue weighted by atomic mass is 9.97. The van der Waals surface area contributed by atoms with E-state index in [-0.39, 0.29) is 13.2 Å². The molecule has 0 saturated heterocycles. The summed E-state index contributed by atoms with van der Waals surface area (Å²) in [5.74, 6) is 0. The number of nitrogens with one attached hydrogen (secondary N) is 1. The Kier molecular flexibility index (Phi) is 4.15. The molecule has 0 unspecified atom stereocenters. The van der Waals surface area contributed by atoms with E-state index in [1.165, 1.54) is 0 Å². The van der Waals surface area contributed by atoms with Gasteiger partial charge in [-0.2, -0.15) is 0 Å². The highest BCUT2D eigenvalue weighted by molar-refractivity contribution is 5.57. The van der Waals surface area contributed by atoms with Gasteiger partial charge in [-0.3, -0.25) is 0 Å². The van der Waals surface area contributed by atoms with Crippen LogP contribution >= 0.6 is 0 Å². The lowest BCUT2D eigenvalue weighted by Crippen LogP contribution is -2.45. The van der Waals surface area contributed by atoms with Crippen LogP contribution in [0.15, 0.2) is 18.2 Å². The second-order valence-electron chi connectivity index (χ2n) is 4.15. The third-order valence-corrected chi connectivity index (χ3v) is 2.96. The number of anilines is 2.